The third kappa shape index (κ3) is 2.74. The van der Waals surface area contributed by atoms with Crippen LogP contribution in [0.2, 0.25) is 0 Å². The quantitative estimate of drug-likeness (QED) is 0.716. The molecule has 0 atom stereocenters. The molecule has 1 aromatic rings. The Bertz CT molecular complexity index is 302. The van der Waals surface area contributed by atoms with Gasteiger partial charge in [0.25, 0.3) is 0 Å². The molecule has 0 bridgehead atoms. The topological polar surface area (TPSA) is 60.0 Å². The summed E-state index contributed by atoms with van der Waals surface area (Å²) in [6.07, 6.45) is 0. The highest BCUT2D eigenvalue weighted by molar-refractivity contribution is 5.52. The van der Waals surface area contributed by atoms with Crippen molar-refractivity contribution in [1.82, 2.24) is 5.48 Å². The number of rotatable bonds is 5. The standard InChI is InChI=1S/C10H15NO4/c1-13-8-4-7(6-11-15-3)5-9(14-2)10(8)12/h4-5,11-12H,6H2,1-3H3. The maximum absolute atomic E-state index is 9.64. The molecular weight excluding hydrogens is 198 g/mol. The Kier molecular flexibility index (Phi) is 4.20. The van der Waals surface area contributed by atoms with Gasteiger partial charge in [-0.15, -0.1) is 0 Å². The van der Waals surface area contributed by atoms with Crippen LogP contribution in [-0.4, -0.2) is 26.4 Å². The van der Waals surface area contributed by atoms with Crippen LogP contribution in [0.25, 0.3) is 0 Å². The van der Waals surface area contributed by atoms with Crippen LogP contribution in [0, 0.1) is 0 Å². The summed E-state index contributed by atoms with van der Waals surface area (Å²) in [6, 6.07) is 3.42. The van der Waals surface area contributed by atoms with E-state index in [0.29, 0.717) is 18.0 Å². The van der Waals surface area contributed by atoms with Gasteiger partial charge in [0.1, 0.15) is 0 Å². The Hall–Kier alpha value is -1.46. The normalized spacial score (nSPS) is 10.1. The first-order chi connectivity index (χ1) is 7.22. The lowest BCUT2D eigenvalue weighted by atomic mass is 10.2. The van der Waals surface area contributed by atoms with Gasteiger partial charge in [0.15, 0.2) is 11.5 Å². The highest BCUT2D eigenvalue weighted by Gasteiger charge is 2.10. The van der Waals surface area contributed by atoms with E-state index in [4.69, 9.17) is 14.3 Å². The van der Waals surface area contributed by atoms with Gasteiger partial charge in [-0.3, -0.25) is 0 Å². The van der Waals surface area contributed by atoms with Crippen molar-refractivity contribution in [3.63, 3.8) is 0 Å². The van der Waals surface area contributed by atoms with Crippen molar-refractivity contribution in [3.8, 4) is 17.2 Å². The predicted molar refractivity (Wildman–Crippen MR) is 55.1 cm³/mol. The number of benzene rings is 1. The van der Waals surface area contributed by atoms with Gasteiger partial charge in [0.05, 0.1) is 21.3 Å². The van der Waals surface area contributed by atoms with Gasteiger partial charge in [-0.1, -0.05) is 0 Å². The van der Waals surface area contributed by atoms with Crippen LogP contribution in [-0.2, 0) is 11.4 Å². The third-order valence-electron chi connectivity index (χ3n) is 1.96. The van der Waals surface area contributed by atoms with Gasteiger partial charge in [0, 0.05) is 6.54 Å². The van der Waals surface area contributed by atoms with Crippen molar-refractivity contribution < 1.29 is 19.4 Å². The average molecular weight is 213 g/mol. The first kappa shape index (κ1) is 11.6. The minimum Gasteiger partial charge on any atom is -0.502 e. The molecule has 84 valence electrons. The van der Waals surface area contributed by atoms with E-state index in [1.165, 1.54) is 21.3 Å². The van der Waals surface area contributed by atoms with Gasteiger partial charge >= 0.3 is 0 Å². The fourth-order valence-electron chi connectivity index (χ4n) is 1.21. The summed E-state index contributed by atoms with van der Waals surface area (Å²) < 4.78 is 10.0. The summed E-state index contributed by atoms with van der Waals surface area (Å²) >= 11 is 0. The zero-order valence-electron chi connectivity index (χ0n) is 9.03. The average Bonchev–Trinajstić information content (AvgIpc) is 2.27. The third-order valence-corrected chi connectivity index (χ3v) is 1.96. The molecule has 0 fully saturated rings. The smallest absolute Gasteiger partial charge is 0.200 e. The number of hydrogen-bond donors (Lipinski definition) is 2. The van der Waals surface area contributed by atoms with E-state index in [9.17, 15) is 5.11 Å². The summed E-state index contributed by atoms with van der Waals surface area (Å²) in [7, 11) is 4.51. The summed E-state index contributed by atoms with van der Waals surface area (Å²) in [5.74, 6) is 0.755. The molecule has 0 aliphatic heterocycles. The van der Waals surface area contributed by atoms with Crippen LogP contribution in [0.4, 0.5) is 0 Å². The van der Waals surface area contributed by atoms with E-state index in [-0.39, 0.29) is 5.75 Å². The Morgan fingerprint density at radius 2 is 1.67 bits per heavy atom. The molecule has 0 aromatic heterocycles. The lowest BCUT2D eigenvalue weighted by Gasteiger charge is -2.11. The Morgan fingerprint density at radius 1 is 1.13 bits per heavy atom. The molecule has 0 aliphatic carbocycles. The molecule has 5 nitrogen and oxygen atoms in total. The largest absolute Gasteiger partial charge is 0.502 e. The van der Waals surface area contributed by atoms with Crippen LogP contribution in [0.15, 0.2) is 12.1 Å². The van der Waals surface area contributed by atoms with Crippen molar-refractivity contribution in [2.45, 2.75) is 6.54 Å². The molecule has 0 saturated heterocycles. The zero-order chi connectivity index (χ0) is 11.3. The monoisotopic (exact) mass is 213 g/mol. The van der Waals surface area contributed by atoms with Gasteiger partial charge in [-0.2, -0.15) is 5.48 Å². The van der Waals surface area contributed by atoms with Crippen molar-refractivity contribution in [1.29, 1.82) is 0 Å². The number of aromatic hydroxyl groups is 1. The first-order valence-corrected chi connectivity index (χ1v) is 4.42. The van der Waals surface area contributed by atoms with E-state index in [2.05, 4.69) is 5.48 Å². The number of methoxy groups -OCH3 is 2. The van der Waals surface area contributed by atoms with Crippen LogP contribution < -0.4 is 15.0 Å². The van der Waals surface area contributed by atoms with Crippen molar-refractivity contribution in [2.75, 3.05) is 21.3 Å². The number of phenols is 1. The van der Waals surface area contributed by atoms with Crippen LogP contribution in [0.5, 0.6) is 17.2 Å². The molecule has 0 heterocycles. The molecule has 0 amide bonds. The lowest BCUT2D eigenvalue weighted by Crippen LogP contribution is -2.10. The SMILES string of the molecule is CONCc1cc(OC)c(O)c(OC)c1. The minimum absolute atomic E-state index is 0.00108. The fraction of sp³-hybridized carbons (Fsp3) is 0.400. The molecule has 0 spiro atoms. The summed E-state index contributed by atoms with van der Waals surface area (Å²) in [5.41, 5.74) is 3.59. The first-order valence-electron chi connectivity index (χ1n) is 4.42. The molecule has 5 heteroatoms. The highest BCUT2D eigenvalue weighted by Crippen LogP contribution is 2.36. The second-order valence-corrected chi connectivity index (χ2v) is 2.87. The van der Waals surface area contributed by atoms with E-state index in [1.54, 1.807) is 12.1 Å². The summed E-state index contributed by atoms with van der Waals surface area (Å²) in [4.78, 5) is 4.73. The maximum atomic E-state index is 9.64. The van der Waals surface area contributed by atoms with Gasteiger partial charge in [-0.05, 0) is 17.7 Å². The fourth-order valence-corrected chi connectivity index (χ4v) is 1.21. The molecule has 2 N–H and O–H groups in total. The Morgan fingerprint density at radius 3 is 2.07 bits per heavy atom. The molecule has 1 rings (SSSR count). The van der Waals surface area contributed by atoms with E-state index in [1.807, 2.05) is 0 Å². The second kappa shape index (κ2) is 5.43. The van der Waals surface area contributed by atoms with Crippen LogP contribution >= 0.6 is 0 Å². The van der Waals surface area contributed by atoms with Crippen LogP contribution in [0.1, 0.15) is 5.56 Å². The molecule has 15 heavy (non-hydrogen) atoms. The number of hydroxylamine groups is 1. The van der Waals surface area contributed by atoms with Gasteiger partial charge in [-0.25, -0.2) is 0 Å². The molecule has 0 unspecified atom stereocenters. The number of phenolic OH excluding ortho intramolecular Hbond substituents is 1. The molecular formula is C10H15NO4. The Labute approximate surface area is 88.5 Å². The summed E-state index contributed by atoms with van der Waals surface area (Å²) in [6.45, 7) is 0.503. The van der Waals surface area contributed by atoms with E-state index >= 15 is 0 Å². The predicted octanol–water partition coefficient (Wildman–Crippen LogP) is 1.06. The number of nitrogens with one attached hydrogen (secondary N) is 1. The zero-order valence-corrected chi connectivity index (χ0v) is 9.03. The Balaban J connectivity index is 2.98. The maximum Gasteiger partial charge on any atom is 0.200 e. The van der Waals surface area contributed by atoms with Gasteiger partial charge in [0.2, 0.25) is 5.75 Å². The van der Waals surface area contributed by atoms with E-state index < -0.39 is 0 Å². The highest BCUT2D eigenvalue weighted by atomic mass is 16.6. The molecule has 0 saturated carbocycles. The second-order valence-electron chi connectivity index (χ2n) is 2.87. The van der Waals surface area contributed by atoms with Crippen LogP contribution in [0.3, 0.4) is 0 Å². The number of hydrogen-bond acceptors (Lipinski definition) is 5. The van der Waals surface area contributed by atoms with E-state index in [0.717, 1.165) is 5.56 Å². The molecule has 0 radical (unpaired) electrons. The molecule has 1 aromatic carbocycles. The summed E-state index contributed by atoms with van der Waals surface area (Å²) in [5, 5.41) is 9.64. The van der Waals surface area contributed by atoms with Crippen molar-refractivity contribution >= 4 is 0 Å². The van der Waals surface area contributed by atoms with Crippen molar-refractivity contribution in [3.05, 3.63) is 17.7 Å². The minimum atomic E-state index is 0.00108. The number of ether oxygens (including phenoxy) is 2. The van der Waals surface area contributed by atoms with Crippen molar-refractivity contribution in [2.24, 2.45) is 0 Å². The van der Waals surface area contributed by atoms with Gasteiger partial charge < -0.3 is 19.4 Å². The molecule has 0 aliphatic rings. The lowest BCUT2D eigenvalue weighted by molar-refractivity contribution is 0.0866.